The highest BCUT2D eigenvalue weighted by molar-refractivity contribution is 5.75. The molecule has 1 atom stereocenters. The lowest BCUT2D eigenvalue weighted by Crippen LogP contribution is -2.22. The number of aliphatic hydroxyl groups is 1. The van der Waals surface area contributed by atoms with Crippen LogP contribution >= 0.6 is 0 Å². The van der Waals surface area contributed by atoms with E-state index in [1.165, 1.54) is 19.2 Å². The molecule has 1 unspecified atom stereocenters. The van der Waals surface area contributed by atoms with Crippen molar-refractivity contribution < 1.29 is 19.0 Å². The van der Waals surface area contributed by atoms with Gasteiger partial charge in [-0.05, 0) is 31.0 Å². The minimum Gasteiger partial charge on any atom is -0.494 e. The minimum absolute atomic E-state index is 0.120. The maximum Gasteiger partial charge on any atom is 0.220 e. The van der Waals surface area contributed by atoms with Gasteiger partial charge in [0.05, 0.1) is 13.2 Å². The number of halogens is 1. The highest BCUT2D eigenvalue weighted by Crippen LogP contribution is 2.24. The highest BCUT2D eigenvalue weighted by Gasteiger charge is 2.12. The van der Waals surface area contributed by atoms with Gasteiger partial charge >= 0.3 is 0 Å². The fraction of sp³-hybridized carbons (Fsp3) is 0.462. The molecule has 0 aromatic heterocycles. The number of nitrogens with one attached hydrogen (secondary N) is 1. The van der Waals surface area contributed by atoms with Gasteiger partial charge in [-0.2, -0.15) is 0 Å². The molecule has 2 N–H and O–H groups in total. The summed E-state index contributed by atoms with van der Waals surface area (Å²) in [5.74, 6) is -0.507. The van der Waals surface area contributed by atoms with E-state index in [0.717, 1.165) is 0 Å². The fourth-order valence-electron chi connectivity index (χ4n) is 1.61. The van der Waals surface area contributed by atoms with E-state index in [2.05, 4.69) is 5.32 Å². The fourth-order valence-corrected chi connectivity index (χ4v) is 1.61. The molecule has 100 valence electrons. The molecular weight excluding hydrogens is 237 g/mol. The van der Waals surface area contributed by atoms with Gasteiger partial charge in [0.15, 0.2) is 11.6 Å². The number of carbonyl (C=O) groups is 1. The van der Waals surface area contributed by atoms with E-state index in [1.54, 1.807) is 6.07 Å². The summed E-state index contributed by atoms with van der Waals surface area (Å²) in [6.45, 7) is 2.39. The van der Waals surface area contributed by atoms with Gasteiger partial charge in [0.1, 0.15) is 0 Å². The molecule has 0 aliphatic heterocycles. The summed E-state index contributed by atoms with van der Waals surface area (Å²) in [4.78, 5) is 11.2. The van der Waals surface area contributed by atoms with Crippen LogP contribution in [0.5, 0.6) is 5.75 Å². The van der Waals surface area contributed by atoms with Crippen molar-refractivity contribution in [3.8, 4) is 5.75 Å². The van der Waals surface area contributed by atoms with Crippen LogP contribution in [0.1, 0.15) is 31.4 Å². The molecule has 5 heteroatoms. The van der Waals surface area contributed by atoms with Crippen LogP contribution in [0, 0.1) is 5.82 Å². The molecule has 0 heterocycles. The Balaban J connectivity index is 2.58. The Bertz CT molecular complexity index is 409. The molecule has 4 nitrogen and oxygen atoms in total. The van der Waals surface area contributed by atoms with Crippen LogP contribution in [0.4, 0.5) is 4.39 Å². The second-order valence-corrected chi connectivity index (χ2v) is 3.90. The summed E-state index contributed by atoms with van der Waals surface area (Å²) in [7, 11) is 1.38. The van der Waals surface area contributed by atoms with E-state index >= 15 is 0 Å². The summed E-state index contributed by atoms with van der Waals surface area (Å²) in [5.41, 5.74) is 0.442. The third-order valence-corrected chi connectivity index (χ3v) is 2.58. The molecule has 0 saturated heterocycles. The molecule has 0 aliphatic carbocycles. The number of hydrogen-bond donors (Lipinski definition) is 2. The molecular formula is C13H18FNO3. The smallest absolute Gasteiger partial charge is 0.220 e. The van der Waals surface area contributed by atoms with E-state index in [9.17, 15) is 14.3 Å². The zero-order valence-electron chi connectivity index (χ0n) is 10.6. The van der Waals surface area contributed by atoms with Crippen LogP contribution in [0.25, 0.3) is 0 Å². The number of amides is 1. The normalized spacial score (nSPS) is 12.0. The van der Waals surface area contributed by atoms with Gasteiger partial charge in [-0.3, -0.25) is 4.79 Å². The van der Waals surface area contributed by atoms with Crippen LogP contribution < -0.4 is 10.1 Å². The number of aliphatic hydroxyl groups excluding tert-OH is 1. The number of ether oxygens (including phenoxy) is 1. The molecule has 0 fully saturated rings. The van der Waals surface area contributed by atoms with Gasteiger partial charge < -0.3 is 15.2 Å². The molecule has 1 amide bonds. The Morgan fingerprint density at radius 1 is 1.56 bits per heavy atom. The Hall–Kier alpha value is -1.62. The number of methoxy groups -OCH3 is 1. The van der Waals surface area contributed by atoms with E-state index in [1.807, 2.05) is 6.92 Å². The van der Waals surface area contributed by atoms with E-state index in [0.29, 0.717) is 12.1 Å². The lowest BCUT2D eigenvalue weighted by Gasteiger charge is -2.12. The van der Waals surface area contributed by atoms with Crippen molar-refractivity contribution in [2.45, 2.75) is 25.9 Å². The van der Waals surface area contributed by atoms with Crippen molar-refractivity contribution in [2.24, 2.45) is 0 Å². The largest absolute Gasteiger partial charge is 0.494 e. The van der Waals surface area contributed by atoms with E-state index < -0.39 is 11.9 Å². The van der Waals surface area contributed by atoms with Crippen molar-refractivity contribution in [3.05, 3.63) is 29.6 Å². The zero-order chi connectivity index (χ0) is 13.5. The highest BCUT2D eigenvalue weighted by atomic mass is 19.1. The van der Waals surface area contributed by atoms with Crippen molar-refractivity contribution in [1.29, 1.82) is 0 Å². The average Bonchev–Trinajstić information content (AvgIpc) is 2.36. The van der Waals surface area contributed by atoms with Crippen LogP contribution in [0.2, 0.25) is 0 Å². The molecule has 0 aliphatic rings. The SMILES string of the molecule is CCNC(=O)CCC(O)c1ccc(OC)c(F)c1. The first-order valence-corrected chi connectivity index (χ1v) is 5.86. The molecule has 18 heavy (non-hydrogen) atoms. The van der Waals surface area contributed by atoms with E-state index in [-0.39, 0.29) is 24.5 Å². The van der Waals surface area contributed by atoms with E-state index in [4.69, 9.17) is 4.74 Å². The van der Waals surface area contributed by atoms with Gasteiger partial charge in [-0.25, -0.2) is 4.39 Å². The third kappa shape index (κ3) is 4.00. The molecule has 0 bridgehead atoms. The molecule has 1 aromatic carbocycles. The van der Waals surface area contributed by atoms with Gasteiger partial charge in [0, 0.05) is 13.0 Å². The molecule has 0 saturated carbocycles. The first kappa shape index (κ1) is 14.4. The maximum atomic E-state index is 13.4. The lowest BCUT2D eigenvalue weighted by molar-refractivity contribution is -0.121. The second kappa shape index (κ2) is 6.96. The van der Waals surface area contributed by atoms with Gasteiger partial charge in [0.2, 0.25) is 5.91 Å². The lowest BCUT2D eigenvalue weighted by atomic mass is 10.0. The first-order valence-electron chi connectivity index (χ1n) is 5.86. The van der Waals surface area contributed by atoms with Crippen LogP contribution in [0.15, 0.2) is 18.2 Å². The van der Waals surface area contributed by atoms with Crippen molar-refractivity contribution in [1.82, 2.24) is 5.32 Å². The predicted molar refractivity (Wildman–Crippen MR) is 65.8 cm³/mol. The Labute approximate surface area is 106 Å². The van der Waals surface area contributed by atoms with Crippen molar-refractivity contribution >= 4 is 5.91 Å². The predicted octanol–water partition coefficient (Wildman–Crippen LogP) is 1.78. The molecule has 1 rings (SSSR count). The van der Waals surface area contributed by atoms with Crippen LogP contribution in [-0.2, 0) is 4.79 Å². The second-order valence-electron chi connectivity index (χ2n) is 3.90. The Morgan fingerprint density at radius 2 is 2.28 bits per heavy atom. The van der Waals surface area contributed by atoms with Gasteiger partial charge in [-0.1, -0.05) is 6.07 Å². The summed E-state index contributed by atoms with van der Waals surface area (Å²) in [6.07, 6.45) is -0.381. The standard InChI is InChI=1S/C13H18FNO3/c1-3-15-13(17)7-5-11(16)9-4-6-12(18-2)10(14)8-9/h4,6,8,11,16H,3,5,7H2,1-2H3,(H,15,17). The van der Waals surface area contributed by atoms with Crippen molar-refractivity contribution in [2.75, 3.05) is 13.7 Å². The number of hydrogen-bond acceptors (Lipinski definition) is 3. The Morgan fingerprint density at radius 3 is 2.83 bits per heavy atom. The quantitative estimate of drug-likeness (QED) is 0.814. The molecule has 1 aromatic rings. The van der Waals surface area contributed by atoms with Crippen LogP contribution in [0.3, 0.4) is 0 Å². The van der Waals surface area contributed by atoms with Gasteiger partial charge in [0.25, 0.3) is 0 Å². The third-order valence-electron chi connectivity index (χ3n) is 2.58. The van der Waals surface area contributed by atoms with Gasteiger partial charge in [-0.15, -0.1) is 0 Å². The summed E-state index contributed by atoms with van der Waals surface area (Å²) >= 11 is 0. The number of rotatable bonds is 6. The molecule has 0 radical (unpaired) electrons. The summed E-state index contributed by atoms with van der Waals surface area (Å²) in [5, 5.41) is 12.5. The van der Waals surface area contributed by atoms with Crippen molar-refractivity contribution in [3.63, 3.8) is 0 Å². The molecule has 0 spiro atoms. The summed E-state index contributed by atoms with van der Waals surface area (Å²) < 4.78 is 18.2. The van der Waals surface area contributed by atoms with Crippen LogP contribution in [-0.4, -0.2) is 24.7 Å². The minimum atomic E-state index is -0.854. The zero-order valence-corrected chi connectivity index (χ0v) is 10.6. The maximum absolute atomic E-state index is 13.4. The summed E-state index contributed by atoms with van der Waals surface area (Å²) in [6, 6.07) is 4.27. The monoisotopic (exact) mass is 255 g/mol. The number of benzene rings is 1. The Kier molecular flexibility index (Phi) is 5.58. The first-order chi connectivity index (χ1) is 8.58. The number of carbonyl (C=O) groups excluding carboxylic acids is 1. The average molecular weight is 255 g/mol. The topological polar surface area (TPSA) is 58.6 Å².